The first-order chi connectivity index (χ1) is 13.0. The van der Waals surface area contributed by atoms with E-state index >= 15 is 0 Å². The molecule has 0 atom stereocenters. The van der Waals surface area contributed by atoms with E-state index in [-0.39, 0.29) is 18.4 Å². The minimum atomic E-state index is -0.173. The van der Waals surface area contributed by atoms with E-state index in [1.165, 1.54) is 0 Å². The Hall–Kier alpha value is -2.73. The van der Waals surface area contributed by atoms with Crippen molar-refractivity contribution in [2.45, 2.75) is 19.8 Å². The number of methoxy groups -OCH3 is 1. The highest BCUT2D eigenvalue weighted by Crippen LogP contribution is 2.25. The fourth-order valence-electron chi connectivity index (χ4n) is 2.38. The molecule has 0 radical (unpaired) electrons. The van der Waals surface area contributed by atoms with Crippen molar-refractivity contribution in [2.75, 3.05) is 25.6 Å². The Morgan fingerprint density at radius 2 is 1.81 bits per heavy atom. The van der Waals surface area contributed by atoms with E-state index in [0.717, 1.165) is 5.56 Å². The Kier molecular flexibility index (Phi) is 7.95. The van der Waals surface area contributed by atoms with Gasteiger partial charge in [-0.1, -0.05) is 17.7 Å². The zero-order valence-electron chi connectivity index (χ0n) is 15.4. The molecule has 7 heteroatoms. The Morgan fingerprint density at radius 3 is 2.44 bits per heavy atom. The summed E-state index contributed by atoms with van der Waals surface area (Å²) in [4.78, 5) is 23.5. The predicted molar refractivity (Wildman–Crippen MR) is 106 cm³/mol. The molecule has 0 aliphatic rings. The van der Waals surface area contributed by atoms with Gasteiger partial charge in [0.1, 0.15) is 11.5 Å². The highest BCUT2D eigenvalue weighted by Gasteiger charge is 2.07. The molecule has 0 spiro atoms. The van der Waals surface area contributed by atoms with E-state index in [9.17, 15) is 9.59 Å². The van der Waals surface area contributed by atoms with Gasteiger partial charge < -0.3 is 20.1 Å². The molecule has 0 heterocycles. The van der Waals surface area contributed by atoms with Crippen molar-refractivity contribution in [1.82, 2.24) is 5.32 Å². The van der Waals surface area contributed by atoms with Crippen molar-refractivity contribution in [3.63, 3.8) is 0 Å². The summed E-state index contributed by atoms with van der Waals surface area (Å²) >= 11 is 6.09. The molecule has 0 aliphatic carbocycles. The zero-order chi connectivity index (χ0) is 19.6. The topological polar surface area (TPSA) is 76.7 Å². The van der Waals surface area contributed by atoms with Crippen LogP contribution in [-0.4, -0.2) is 32.1 Å². The number of carbonyl (C=O) groups excluding carboxylic acids is 2. The number of nitrogens with one attached hydrogen (secondary N) is 2. The largest absolute Gasteiger partial charge is 0.495 e. The summed E-state index contributed by atoms with van der Waals surface area (Å²) in [5, 5.41) is 6.01. The Balaban J connectivity index is 1.80. The first-order valence-corrected chi connectivity index (χ1v) is 9.01. The molecular formula is C20H23ClN2O4. The molecule has 0 fully saturated rings. The molecule has 2 N–H and O–H groups in total. The lowest BCUT2D eigenvalue weighted by atomic mass is 10.1. The summed E-state index contributed by atoms with van der Waals surface area (Å²) in [6, 6.07) is 12.4. The standard InChI is InChI=1S/C20H23ClN2O4/c1-3-22-20(25)13-27-16-8-6-15(7-9-16)23-19(24)11-5-14-4-10-18(26-2)17(21)12-14/h4,6-10,12H,3,5,11,13H2,1-2H3,(H,22,25)(H,23,24). The third kappa shape index (κ3) is 6.83. The monoisotopic (exact) mass is 390 g/mol. The van der Waals surface area contributed by atoms with Crippen LogP contribution in [-0.2, 0) is 16.0 Å². The van der Waals surface area contributed by atoms with Gasteiger partial charge in [-0.25, -0.2) is 0 Å². The number of halogens is 1. The van der Waals surface area contributed by atoms with Gasteiger partial charge in [0.2, 0.25) is 5.91 Å². The molecule has 144 valence electrons. The number of hydrogen-bond donors (Lipinski definition) is 2. The van der Waals surface area contributed by atoms with Gasteiger partial charge in [-0.3, -0.25) is 9.59 Å². The molecule has 0 saturated carbocycles. The first-order valence-electron chi connectivity index (χ1n) is 8.63. The number of benzene rings is 2. The Labute approximate surface area is 163 Å². The van der Waals surface area contributed by atoms with Gasteiger partial charge in [0.25, 0.3) is 5.91 Å². The van der Waals surface area contributed by atoms with Crippen LogP contribution in [0.3, 0.4) is 0 Å². The number of likely N-dealkylation sites (N-methyl/N-ethyl adjacent to an activating group) is 1. The Bertz CT molecular complexity index is 778. The van der Waals surface area contributed by atoms with Gasteiger partial charge >= 0.3 is 0 Å². The Morgan fingerprint density at radius 1 is 1.07 bits per heavy atom. The van der Waals surface area contributed by atoms with Crippen LogP contribution in [0.25, 0.3) is 0 Å². The third-order valence-electron chi connectivity index (χ3n) is 3.74. The fourth-order valence-corrected chi connectivity index (χ4v) is 2.66. The summed E-state index contributed by atoms with van der Waals surface area (Å²) < 4.78 is 10.5. The molecule has 0 unspecified atom stereocenters. The molecule has 2 aromatic carbocycles. The van der Waals surface area contributed by atoms with Crippen molar-refractivity contribution in [1.29, 1.82) is 0 Å². The van der Waals surface area contributed by atoms with E-state index in [1.807, 2.05) is 13.0 Å². The van der Waals surface area contributed by atoms with E-state index in [2.05, 4.69) is 10.6 Å². The van der Waals surface area contributed by atoms with Gasteiger partial charge in [0.15, 0.2) is 6.61 Å². The molecule has 0 saturated heterocycles. The van der Waals surface area contributed by atoms with Crippen LogP contribution in [0.5, 0.6) is 11.5 Å². The summed E-state index contributed by atoms with van der Waals surface area (Å²) in [6.45, 7) is 2.37. The maximum absolute atomic E-state index is 12.1. The molecule has 2 amide bonds. The lowest BCUT2D eigenvalue weighted by Crippen LogP contribution is -2.28. The van der Waals surface area contributed by atoms with Crippen molar-refractivity contribution in [2.24, 2.45) is 0 Å². The minimum absolute atomic E-state index is 0.0377. The van der Waals surface area contributed by atoms with Crippen LogP contribution in [0, 0.1) is 0 Å². The quantitative estimate of drug-likeness (QED) is 0.687. The van der Waals surface area contributed by atoms with Crippen molar-refractivity contribution in [3.05, 3.63) is 53.1 Å². The van der Waals surface area contributed by atoms with Crippen LogP contribution in [0.4, 0.5) is 5.69 Å². The predicted octanol–water partition coefficient (Wildman–Crippen LogP) is 3.43. The summed E-state index contributed by atoms with van der Waals surface area (Å²) in [5.74, 6) is 0.901. The average Bonchev–Trinajstić information content (AvgIpc) is 2.66. The molecule has 27 heavy (non-hydrogen) atoms. The van der Waals surface area contributed by atoms with Crippen LogP contribution in [0.2, 0.25) is 5.02 Å². The second-order valence-corrected chi connectivity index (χ2v) is 6.19. The SMILES string of the molecule is CCNC(=O)COc1ccc(NC(=O)CCc2ccc(OC)c(Cl)c2)cc1. The second kappa shape index (κ2) is 10.4. The highest BCUT2D eigenvalue weighted by molar-refractivity contribution is 6.32. The van der Waals surface area contributed by atoms with Crippen LogP contribution >= 0.6 is 11.6 Å². The van der Waals surface area contributed by atoms with Crippen LogP contribution in [0.15, 0.2) is 42.5 Å². The number of aryl methyl sites for hydroxylation is 1. The third-order valence-corrected chi connectivity index (χ3v) is 4.03. The van der Waals surface area contributed by atoms with E-state index in [0.29, 0.717) is 41.6 Å². The zero-order valence-corrected chi connectivity index (χ0v) is 16.1. The molecule has 0 aromatic heterocycles. The van der Waals surface area contributed by atoms with E-state index in [4.69, 9.17) is 21.1 Å². The number of amides is 2. The maximum Gasteiger partial charge on any atom is 0.257 e. The molecule has 2 aromatic rings. The van der Waals surface area contributed by atoms with Crippen molar-refractivity contribution in [3.8, 4) is 11.5 Å². The van der Waals surface area contributed by atoms with E-state index in [1.54, 1.807) is 43.5 Å². The first kappa shape index (κ1) is 20.6. The van der Waals surface area contributed by atoms with E-state index < -0.39 is 0 Å². The number of carbonyl (C=O) groups is 2. The molecular weight excluding hydrogens is 368 g/mol. The van der Waals surface area contributed by atoms with Gasteiger partial charge in [0, 0.05) is 18.7 Å². The van der Waals surface area contributed by atoms with Gasteiger partial charge in [-0.2, -0.15) is 0 Å². The number of hydrogen-bond acceptors (Lipinski definition) is 4. The highest BCUT2D eigenvalue weighted by atomic mass is 35.5. The number of anilines is 1. The normalized spacial score (nSPS) is 10.2. The number of ether oxygens (including phenoxy) is 2. The van der Waals surface area contributed by atoms with Crippen molar-refractivity contribution < 1.29 is 19.1 Å². The molecule has 2 rings (SSSR count). The second-order valence-electron chi connectivity index (χ2n) is 5.78. The van der Waals surface area contributed by atoms with Gasteiger partial charge in [-0.15, -0.1) is 0 Å². The van der Waals surface area contributed by atoms with Gasteiger partial charge in [0.05, 0.1) is 12.1 Å². The van der Waals surface area contributed by atoms with Gasteiger partial charge in [-0.05, 0) is 55.3 Å². The average molecular weight is 391 g/mol. The van der Waals surface area contributed by atoms with Crippen molar-refractivity contribution >= 4 is 29.1 Å². The summed E-state index contributed by atoms with van der Waals surface area (Å²) in [7, 11) is 1.56. The lowest BCUT2D eigenvalue weighted by Gasteiger charge is -2.09. The molecule has 0 aliphatic heterocycles. The smallest absolute Gasteiger partial charge is 0.257 e. The molecule has 0 bridgehead atoms. The lowest BCUT2D eigenvalue weighted by molar-refractivity contribution is -0.123. The number of rotatable bonds is 9. The molecule has 6 nitrogen and oxygen atoms in total. The summed E-state index contributed by atoms with van der Waals surface area (Å²) in [6.07, 6.45) is 0.904. The summed E-state index contributed by atoms with van der Waals surface area (Å²) in [5.41, 5.74) is 1.63. The van der Waals surface area contributed by atoms with Crippen LogP contribution in [0.1, 0.15) is 18.9 Å². The minimum Gasteiger partial charge on any atom is -0.495 e. The van der Waals surface area contributed by atoms with Crippen LogP contribution < -0.4 is 20.1 Å². The maximum atomic E-state index is 12.1. The fraction of sp³-hybridized carbons (Fsp3) is 0.300.